The molecule has 1 saturated heterocycles. The number of carbonyl (C=O) groups excluding carboxylic acids is 2. The summed E-state index contributed by atoms with van der Waals surface area (Å²) < 4.78 is 16.4. The fourth-order valence-electron chi connectivity index (χ4n) is 2.28. The van der Waals surface area contributed by atoms with Crippen LogP contribution in [0.25, 0.3) is 0 Å². The maximum Gasteiger partial charge on any atom is 0.351 e. The van der Waals surface area contributed by atoms with Crippen molar-refractivity contribution in [1.29, 1.82) is 0 Å². The van der Waals surface area contributed by atoms with E-state index in [1.807, 2.05) is 0 Å². The van der Waals surface area contributed by atoms with Crippen molar-refractivity contribution in [2.24, 2.45) is 0 Å². The molecule has 0 aliphatic carbocycles. The van der Waals surface area contributed by atoms with Crippen molar-refractivity contribution in [2.45, 2.75) is 45.0 Å². The average molecular weight is 327 g/mol. The minimum Gasteiger partial charge on any atom is -0.458 e. The van der Waals surface area contributed by atoms with Crippen molar-refractivity contribution >= 4 is 17.8 Å². The fourth-order valence-corrected chi connectivity index (χ4v) is 2.28. The summed E-state index contributed by atoms with van der Waals surface area (Å²) in [6.07, 6.45) is -3.01. The monoisotopic (exact) mass is 327 g/mol. The van der Waals surface area contributed by atoms with Gasteiger partial charge in [0, 0.05) is 26.5 Å². The number of aliphatic hydroxyl groups excluding tert-OH is 1. The zero-order valence-electron chi connectivity index (χ0n) is 12.5. The van der Waals surface area contributed by atoms with Crippen molar-refractivity contribution < 1.29 is 28.9 Å². The second-order valence-electron chi connectivity index (χ2n) is 4.99. The summed E-state index contributed by atoms with van der Waals surface area (Å²) in [6.45, 7) is 2.34. The molecule has 10 heteroatoms. The van der Waals surface area contributed by atoms with Crippen LogP contribution in [0.1, 0.15) is 26.5 Å². The van der Waals surface area contributed by atoms with Gasteiger partial charge in [-0.1, -0.05) is 0 Å². The van der Waals surface area contributed by atoms with Crippen LogP contribution >= 0.6 is 0 Å². The second kappa shape index (κ2) is 6.75. The first kappa shape index (κ1) is 16.9. The van der Waals surface area contributed by atoms with Crippen LogP contribution in [0, 0.1) is 0 Å². The summed E-state index contributed by atoms with van der Waals surface area (Å²) in [5.41, 5.74) is 4.72. The summed E-state index contributed by atoms with van der Waals surface area (Å²) in [5, 5.41) is 9.82. The number of aliphatic hydroxyl groups is 1. The van der Waals surface area contributed by atoms with E-state index < -0.39 is 42.4 Å². The van der Waals surface area contributed by atoms with Gasteiger partial charge in [-0.15, -0.1) is 0 Å². The quantitative estimate of drug-likeness (QED) is 0.521. The van der Waals surface area contributed by atoms with Crippen molar-refractivity contribution in [2.75, 3.05) is 5.73 Å². The average Bonchev–Trinajstić information content (AvgIpc) is 2.81. The molecule has 2 heterocycles. The lowest BCUT2D eigenvalue weighted by Gasteiger charge is -2.20. The Labute approximate surface area is 130 Å². The highest BCUT2D eigenvalue weighted by molar-refractivity contribution is 5.66. The molecule has 0 bridgehead atoms. The molecule has 0 saturated carbocycles. The molecular weight excluding hydrogens is 310 g/mol. The Balaban J connectivity index is 2.25. The number of aromatic nitrogens is 2. The van der Waals surface area contributed by atoms with Gasteiger partial charge in [0.15, 0.2) is 6.23 Å². The SMILES string of the molecule is CC(=O)OC(O)[C@@H]1C[C@@H](OC(C)=O)[C@H](n2ccc(N)nc2=O)O1. The largest absolute Gasteiger partial charge is 0.458 e. The highest BCUT2D eigenvalue weighted by Crippen LogP contribution is 2.32. The van der Waals surface area contributed by atoms with Crippen LogP contribution in [0.3, 0.4) is 0 Å². The summed E-state index contributed by atoms with van der Waals surface area (Å²) in [7, 11) is 0. The first-order chi connectivity index (χ1) is 10.8. The molecule has 126 valence electrons. The minimum absolute atomic E-state index is 0.0322. The molecular formula is C13H17N3O7. The molecule has 4 atom stereocenters. The van der Waals surface area contributed by atoms with Gasteiger partial charge < -0.3 is 25.1 Å². The standard InChI is InChI=1S/C13H17N3O7/c1-6(17)21-8-5-9(12(19)22-7(2)18)23-11(8)16-4-3-10(14)15-13(16)20/h3-4,8-9,11-12,19H,5H2,1-2H3,(H2,14,15,20)/t8-,9+,11-,12?/m1/s1. The predicted octanol–water partition coefficient (Wildman–Crippen LogP) is -1.07. The number of carbonyl (C=O) groups is 2. The Morgan fingerprint density at radius 2 is 2.17 bits per heavy atom. The first-order valence-electron chi connectivity index (χ1n) is 6.80. The van der Waals surface area contributed by atoms with Gasteiger partial charge in [0.25, 0.3) is 0 Å². The number of rotatable bonds is 4. The van der Waals surface area contributed by atoms with Gasteiger partial charge in [0.05, 0.1) is 0 Å². The molecule has 1 fully saturated rings. The van der Waals surface area contributed by atoms with Crippen LogP contribution in [-0.4, -0.2) is 45.1 Å². The van der Waals surface area contributed by atoms with E-state index in [1.54, 1.807) is 0 Å². The lowest BCUT2D eigenvalue weighted by Crippen LogP contribution is -2.34. The predicted molar refractivity (Wildman–Crippen MR) is 74.8 cm³/mol. The Morgan fingerprint density at radius 1 is 1.48 bits per heavy atom. The third-order valence-electron chi connectivity index (χ3n) is 3.14. The molecule has 1 aromatic heterocycles. The Kier molecular flexibility index (Phi) is 4.96. The highest BCUT2D eigenvalue weighted by atomic mass is 16.7. The lowest BCUT2D eigenvalue weighted by atomic mass is 10.2. The van der Waals surface area contributed by atoms with E-state index in [4.69, 9.17) is 15.2 Å². The van der Waals surface area contributed by atoms with Gasteiger partial charge in [-0.2, -0.15) is 4.98 Å². The maximum atomic E-state index is 11.9. The van der Waals surface area contributed by atoms with Crippen molar-refractivity contribution in [3.05, 3.63) is 22.7 Å². The van der Waals surface area contributed by atoms with Crippen LogP contribution in [0.2, 0.25) is 0 Å². The highest BCUT2D eigenvalue weighted by Gasteiger charge is 2.43. The Bertz CT molecular complexity index is 659. The molecule has 0 radical (unpaired) electrons. The van der Waals surface area contributed by atoms with E-state index in [1.165, 1.54) is 19.2 Å². The van der Waals surface area contributed by atoms with Crippen LogP contribution < -0.4 is 11.4 Å². The van der Waals surface area contributed by atoms with Crippen LogP contribution in [0.4, 0.5) is 5.82 Å². The lowest BCUT2D eigenvalue weighted by molar-refractivity contribution is -0.194. The molecule has 1 aliphatic rings. The Morgan fingerprint density at radius 3 is 2.74 bits per heavy atom. The smallest absolute Gasteiger partial charge is 0.351 e. The van der Waals surface area contributed by atoms with Gasteiger partial charge in [0.2, 0.25) is 6.29 Å². The first-order valence-corrected chi connectivity index (χ1v) is 6.80. The van der Waals surface area contributed by atoms with Gasteiger partial charge in [0.1, 0.15) is 18.0 Å². The van der Waals surface area contributed by atoms with Crippen molar-refractivity contribution in [3.8, 4) is 0 Å². The number of hydrogen-bond acceptors (Lipinski definition) is 9. The van der Waals surface area contributed by atoms with E-state index >= 15 is 0 Å². The number of hydrogen-bond donors (Lipinski definition) is 2. The molecule has 23 heavy (non-hydrogen) atoms. The third-order valence-corrected chi connectivity index (χ3v) is 3.14. The summed E-state index contributed by atoms with van der Waals surface area (Å²) in [5.74, 6) is -1.24. The minimum atomic E-state index is -1.55. The molecule has 2 rings (SSSR count). The van der Waals surface area contributed by atoms with Gasteiger partial charge in [-0.3, -0.25) is 14.2 Å². The van der Waals surface area contributed by atoms with Gasteiger partial charge in [-0.25, -0.2) is 4.79 Å². The Hall–Kier alpha value is -2.46. The van der Waals surface area contributed by atoms with Crippen LogP contribution in [-0.2, 0) is 23.8 Å². The molecule has 1 aromatic rings. The summed E-state index contributed by atoms with van der Waals surface area (Å²) in [6, 6.07) is 1.38. The zero-order valence-corrected chi connectivity index (χ0v) is 12.5. The normalized spacial score (nSPS) is 24.9. The molecule has 1 unspecified atom stereocenters. The maximum absolute atomic E-state index is 11.9. The summed E-state index contributed by atoms with van der Waals surface area (Å²) in [4.78, 5) is 37.6. The fraction of sp³-hybridized carbons (Fsp3) is 0.538. The van der Waals surface area contributed by atoms with E-state index in [-0.39, 0.29) is 12.2 Å². The molecule has 10 nitrogen and oxygen atoms in total. The number of nitrogen functional groups attached to an aromatic ring is 1. The number of ether oxygens (including phenoxy) is 3. The van der Waals surface area contributed by atoms with Crippen molar-refractivity contribution in [1.82, 2.24) is 9.55 Å². The molecule has 1 aliphatic heterocycles. The topological polar surface area (TPSA) is 143 Å². The van der Waals surface area contributed by atoms with Gasteiger partial charge >= 0.3 is 17.6 Å². The van der Waals surface area contributed by atoms with Crippen molar-refractivity contribution in [3.63, 3.8) is 0 Å². The molecule has 0 aromatic carbocycles. The second-order valence-corrected chi connectivity index (χ2v) is 4.99. The van der Waals surface area contributed by atoms with E-state index in [9.17, 15) is 19.5 Å². The molecule has 3 N–H and O–H groups in total. The summed E-state index contributed by atoms with van der Waals surface area (Å²) >= 11 is 0. The third kappa shape index (κ3) is 4.05. The van der Waals surface area contributed by atoms with E-state index in [0.29, 0.717) is 0 Å². The number of esters is 2. The van der Waals surface area contributed by atoms with E-state index in [2.05, 4.69) is 9.72 Å². The van der Waals surface area contributed by atoms with Crippen LogP contribution in [0.5, 0.6) is 0 Å². The van der Waals surface area contributed by atoms with Gasteiger partial charge in [-0.05, 0) is 6.07 Å². The van der Waals surface area contributed by atoms with E-state index in [0.717, 1.165) is 11.5 Å². The number of nitrogens with two attached hydrogens (primary N) is 1. The number of anilines is 1. The molecule has 0 amide bonds. The number of nitrogens with zero attached hydrogens (tertiary/aromatic N) is 2. The molecule has 0 spiro atoms. The van der Waals surface area contributed by atoms with Crippen LogP contribution in [0.15, 0.2) is 17.1 Å². The zero-order chi connectivity index (χ0) is 17.1.